The lowest BCUT2D eigenvalue weighted by Crippen LogP contribution is -2.16. The molecule has 1 aromatic rings. The minimum absolute atomic E-state index is 0.354. The molecule has 1 aromatic heterocycles. The number of unbranched alkanes of at least 4 members (excludes halogenated alkanes) is 2. The highest BCUT2D eigenvalue weighted by Gasteiger charge is 2.11. The number of hydrogen-bond donors (Lipinski definition) is 2. The summed E-state index contributed by atoms with van der Waals surface area (Å²) in [7, 11) is 0. The third-order valence-electron chi connectivity index (χ3n) is 2.90. The Labute approximate surface area is 126 Å². The van der Waals surface area contributed by atoms with Gasteiger partial charge in [0.1, 0.15) is 11.6 Å². The van der Waals surface area contributed by atoms with Crippen LogP contribution in [-0.2, 0) is 0 Å². The summed E-state index contributed by atoms with van der Waals surface area (Å²) in [6, 6.07) is 2.09. The first-order chi connectivity index (χ1) is 9.08. The molecule has 0 aromatic carbocycles. The molecule has 0 fully saturated rings. The second-order valence-electron chi connectivity index (χ2n) is 4.72. The largest absolute Gasteiger partial charge is 0.369 e. The summed E-state index contributed by atoms with van der Waals surface area (Å²) in [5.74, 6) is 1.38. The molecule has 0 aliphatic rings. The lowest BCUT2D eigenvalue weighted by atomic mass is 10.1. The molecular weight excluding hydrogens is 281 g/mol. The van der Waals surface area contributed by atoms with E-state index in [-0.39, 0.29) is 0 Å². The predicted molar refractivity (Wildman–Crippen MR) is 85.6 cm³/mol. The number of pyridine rings is 1. The normalized spacial score (nSPS) is 12.3. The molecule has 0 spiro atoms. The molecule has 1 rings (SSSR count). The summed E-state index contributed by atoms with van der Waals surface area (Å²) in [6.45, 7) is 7.14. The van der Waals surface area contributed by atoms with E-state index in [1.807, 2.05) is 6.92 Å². The SMILES string of the molecule is CCCCCC(C)Nc1nc(NCC)c(Cl)cc1Cl. The summed E-state index contributed by atoms with van der Waals surface area (Å²) in [5.41, 5.74) is 0. The van der Waals surface area contributed by atoms with E-state index in [2.05, 4.69) is 29.5 Å². The van der Waals surface area contributed by atoms with E-state index in [4.69, 9.17) is 23.2 Å². The zero-order valence-corrected chi connectivity index (χ0v) is 13.4. The maximum atomic E-state index is 6.17. The average molecular weight is 304 g/mol. The van der Waals surface area contributed by atoms with E-state index in [0.29, 0.717) is 27.7 Å². The Balaban J connectivity index is 2.68. The van der Waals surface area contributed by atoms with Crippen LogP contribution in [0.1, 0.15) is 46.5 Å². The Kier molecular flexibility index (Phi) is 7.32. The minimum atomic E-state index is 0.354. The Hall–Kier alpha value is -0.670. The molecule has 2 N–H and O–H groups in total. The summed E-state index contributed by atoms with van der Waals surface area (Å²) in [5, 5.41) is 7.60. The molecule has 0 radical (unpaired) electrons. The number of halogens is 2. The standard InChI is InChI=1S/C14H23Cl2N3/c1-4-6-7-8-10(3)18-14-12(16)9-11(15)13(19-14)17-5-2/h9-10H,4-8H2,1-3H3,(H2,17,18,19). The number of hydrogen-bond acceptors (Lipinski definition) is 3. The maximum absolute atomic E-state index is 6.17. The van der Waals surface area contributed by atoms with Gasteiger partial charge in [0.25, 0.3) is 0 Å². The predicted octanol–water partition coefficient (Wildman–Crippen LogP) is 5.20. The molecule has 0 saturated heterocycles. The smallest absolute Gasteiger partial charge is 0.147 e. The van der Waals surface area contributed by atoms with Crippen molar-refractivity contribution in [3.63, 3.8) is 0 Å². The Morgan fingerprint density at radius 3 is 2.47 bits per heavy atom. The van der Waals surface area contributed by atoms with Gasteiger partial charge in [0.15, 0.2) is 0 Å². The first kappa shape index (κ1) is 16.4. The number of aromatic nitrogens is 1. The van der Waals surface area contributed by atoms with Crippen LogP contribution in [-0.4, -0.2) is 17.6 Å². The van der Waals surface area contributed by atoms with Gasteiger partial charge in [0.05, 0.1) is 10.0 Å². The monoisotopic (exact) mass is 303 g/mol. The van der Waals surface area contributed by atoms with Gasteiger partial charge in [-0.1, -0.05) is 49.4 Å². The lowest BCUT2D eigenvalue weighted by molar-refractivity contribution is 0.614. The van der Waals surface area contributed by atoms with Gasteiger partial charge in [-0.15, -0.1) is 0 Å². The van der Waals surface area contributed by atoms with Gasteiger partial charge < -0.3 is 10.6 Å². The fourth-order valence-electron chi connectivity index (χ4n) is 1.87. The molecule has 1 unspecified atom stereocenters. The zero-order chi connectivity index (χ0) is 14.3. The van der Waals surface area contributed by atoms with Gasteiger partial charge >= 0.3 is 0 Å². The molecule has 0 saturated carbocycles. The van der Waals surface area contributed by atoms with Crippen molar-refractivity contribution in [2.45, 2.75) is 52.5 Å². The number of nitrogens with one attached hydrogen (secondary N) is 2. The van der Waals surface area contributed by atoms with Crippen LogP contribution in [0.3, 0.4) is 0 Å². The fourth-order valence-corrected chi connectivity index (χ4v) is 2.35. The van der Waals surface area contributed by atoms with E-state index in [1.54, 1.807) is 6.07 Å². The third-order valence-corrected chi connectivity index (χ3v) is 3.47. The van der Waals surface area contributed by atoms with E-state index in [1.165, 1.54) is 19.3 Å². The van der Waals surface area contributed by atoms with Crippen molar-refractivity contribution in [3.05, 3.63) is 16.1 Å². The lowest BCUT2D eigenvalue weighted by Gasteiger charge is -2.17. The fraction of sp³-hybridized carbons (Fsp3) is 0.643. The highest BCUT2D eigenvalue weighted by atomic mass is 35.5. The van der Waals surface area contributed by atoms with Crippen LogP contribution in [0.4, 0.5) is 11.6 Å². The quantitative estimate of drug-likeness (QED) is 0.648. The molecule has 0 bridgehead atoms. The summed E-state index contributed by atoms with van der Waals surface area (Å²) >= 11 is 12.3. The first-order valence-electron chi connectivity index (χ1n) is 6.94. The molecule has 3 nitrogen and oxygen atoms in total. The van der Waals surface area contributed by atoms with Gasteiger partial charge in [-0.25, -0.2) is 4.98 Å². The van der Waals surface area contributed by atoms with Crippen LogP contribution in [0, 0.1) is 0 Å². The molecule has 5 heteroatoms. The highest BCUT2D eigenvalue weighted by molar-refractivity contribution is 6.37. The second-order valence-corrected chi connectivity index (χ2v) is 5.54. The summed E-state index contributed by atoms with van der Waals surface area (Å²) in [4.78, 5) is 4.44. The second kappa shape index (κ2) is 8.49. The van der Waals surface area contributed by atoms with E-state index < -0.39 is 0 Å². The van der Waals surface area contributed by atoms with Crippen molar-refractivity contribution in [1.82, 2.24) is 4.98 Å². The summed E-state index contributed by atoms with van der Waals surface area (Å²) in [6.07, 6.45) is 4.83. The molecule has 108 valence electrons. The van der Waals surface area contributed by atoms with Crippen molar-refractivity contribution in [1.29, 1.82) is 0 Å². The molecule has 0 aliphatic carbocycles. The first-order valence-corrected chi connectivity index (χ1v) is 7.70. The van der Waals surface area contributed by atoms with Crippen molar-refractivity contribution in [3.8, 4) is 0 Å². The van der Waals surface area contributed by atoms with Gasteiger partial charge in [-0.3, -0.25) is 0 Å². The zero-order valence-electron chi connectivity index (χ0n) is 11.9. The number of rotatable bonds is 8. The Morgan fingerprint density at radius 1 is 1.16 bits per heavy atom. The van der Waals surface area contributed by atoms with Gasteiger partial charge in [0, 0.05) is 12.6 Å². The van der Waals surface area contributed by atoms with Crippen molar-refractivity contribution >= 4 is 34.8 Å². The van der Waals surface area contributed by atoms with Gasteiger partial charge in [-0.2, -0.15) is 0 Å². The van der Waals surface area contributed by atoms with Crippen LogP contribution in [0.25, 0.3) is 0 Å². The molecule has 19 heavy (non-hydrogen) atoms. The van der Waals surface area contributed by atoms with Crippen LogP contribution in [0.2, 0.25) is 10.0 Å². The molecule has 0 aliphatic heterocycles. The van der Waals surface area contributed by atoms with Crippen LogP contribution in [0.15, 0.2) is 6.07 Å². The summed E-state index contributed by atoms with van der Waals surface area (Å²) < 4.78 is 0. The third kappa shape index (κ3) is 5.45. The van der Waals surface area contributed by atoms with Crippen LogP contribution < -0.4 is 10.6 Å². The van der Waals surface area contributed by atoms with E-state index >= 15 is 0 Å². The molecule has 1 heterocycles. The molecular formula is C14H23Cl2N3. The van der Waals surface area contributed by atoms with E-state index in [9.17, 15) is 0 Å². The Bertz CT molecular complexity index is 397. The van der Waals surface area contributed by atoms with Gasteiger partial charge in [0.2, 0.25) is 0 Å². The van der Waals surface area contributed by atoms with E-state index in [0.717, 1.165) is 13.0 Å². The van der Waals surface area contributed by atoms with Crippen molar-refractivity contribution in [2.24, 2.45) is 0 Å². The number of nitrogens with zero attached hydrogens (tertiary/aromatic N) is 1. The maximum Gasteiger partial charge on any atom is 0.147 e. The van der Waals surface area contributed by atoms with Crippen LogP contribution >= 0.6 is 23.2 Å². The molecule has 1 atom stereocenters. The van der Waals surface area contributed by atoms with Gasteiger partial charge in [-0.05, 0) is 26.3 Å². The topological polar surface area (TPSA) is 37.0 Å². The van der Waals surface area contributed by atoms with Crippen LogP contribution in [0.5, 0.6) is 0 Å². The highest BCUT2D eigenvalue weighted by Crippen LogP contribution is 2.29. The minimum Gasteiger partial charge on any atom is -0.369 e. The molecule has 0 amide bonds. The Morgan fingerprint density at radius 2 is 1.84 bits per heavy atom. The van der Waals surface area contributed by atoms with Crippen molar-refractivity contribution < 1.29 is 0 Å². The average Bonchev–Trinajstić information content (AvgIpc) is 2.35. The van der Waals surface area contributed by atoms with Crippen molar-refractivity contribution in [2.75, 3.05) is 17.2 Å². The number of anilines is 2.